The van der Waals surface area contributed by atoms with Crippen LogP contribution in [0.5, 0.6) is 0 Å². The van der Waals surface area contributed by atoms with Gasteiger partial charge in [0.1, 0.15) is 23.2 Å². The van der Waals surface area contributed by atoms with Crippen LogP contribution < -0.4 is 0 Å². The number of carbonyl (C=O) groups excluding carboxylic acids is 2. The van der Waals surface area contributed by atoms with E-state index in [4.69, 9.17) is 13.9 Å². The second kappa shape index (κ2) is 4.75. The van der Waals surface area contributed by atoms with Crippen molar-refractivity contribution >= 4 is 11.9 Å². The molecule has 5 atom stereocenters. The normalized spacial score (nSPS) is 42.6. The smallest absolute Gasteiger partial charge is 0.334 e. The Bertz CT molecular complexity index is 793. The van der Waals surface area contributed by atoms with Crippen LogP contribution in [0.4, 0.5) is 0 Å². The van der Waals surface area contributed by atoms with Gasteiger partial charge in [0.15, 0.2) is 0 Å². The lowest BCUT2D eigenvalue weighted by Crippen LogP contribution is -2.62. The van der Waals surface area contributed by atoms with Gasteiger partial charge in [0.05, 0.1) is 12.5 Å². The molecule has 0 radical (unpaired) electrons. The quantitative estimate of drug-likeness (QED) is 0.788. The van der Waals surface area contributed by atoms with E-state index >= 15 is 0 Å². The Kier molecular flexibility index (Phi) is 2.89. The summed E-state index contributed by atoms with van der Waals surface area (Å²) >= 11 is 0. The average Bonchev–Trinajstić information content (AvgIpc) is 3.26. The molecule has 25 heavy (non-hydrogen) atoms. The highest BCUT2D eigenvalue weighted by molar-refractivity contribution is 5.94. The standard InChI is InChI=1S/C19H20O6/c1-10-7-13-15-12(16(20)24-13)3-2-5-19(15,22)18(10)8-14(25-17(18)21)11-4-6-23-9-11/h4,6,9-10,13-14,22H,2-3,5,7-8H2,1H3/t10-,13+,14+,18+,19-/m1/s1. The summed E-state index contributed by atoms with van der Waals surface area (Å²) in [5.41, 5.74) is -0.395. The largest absolute Gasteiger partial charge is 0.472 e. The summed E-state index contributed by atoms with van der Waals surface area (Å²) in [6, 6.07) is 1.78. The van der Waals surface area contributed by atoms with Crippen molar-refractivity contribution < 1.29 is 28.6 Å². The molecule has 3 heterocycles. The number of ether oxygens (including phenoxy) is 2. The fourth-order valence-corrected chi connectivity index (χ4v) is 5.57. The Labute approximate surface area is 144 Å². The number of esters is 2. The van der Waals surface area contributed by atoms with Crippen molar-refractivity contribution in [3.63, 3.8) is 0 Å². The van der Waals surface area contributed by atoms with Gasteiger partial charge in [-0.15, -0.1) is 0 Å². The third-order valence-electron chi connectivity index (χ3n) is 6.74. The molecule has 5 rings (SSSR count). The number of fused-ring (bicyclic) bond motifs is 1. The third kappa shape index (κ3) is 1.68. The number of cyclic esters (lactones) is 1. The lowest BCUT2D eigenvalue weighted by atomic mass is 9.51. The Balaban J connectivity index is 1.65. The van der Waals surface area contributed by atoms with Crippen molar-refractivity contribution in [2.24, 2.45) is 11.3 Å². The average molecular weight is 344 g/mol. The zero-order chi connectivity index (χ0) is 17.4. The Morgan fingerprint density at radius 1 is 1.24 bits per heavy atom. The minimum atomic E-state index is -1.37. The van der Waals surface area contributed by atoms with Gasteiger partial charge in [-0.3, -0.25) is 4.79 Å². The minimum absolute atomic E-state index is 0.152. The number of rotatable bonds is 1. The van der Waals surface area contributed by atoms with Gasteiger partial charge in [0, 0.05) is 23.1 Å². The molecule has 132 valence electrons. The molecule has 6 heteroatoms. The Morgan fingerprint density at radius 2 is 2.08 bits per heavy atom. The van der Waals surface area contributed by atoms with Gasteiger partial charge in [-0.25, -0.2) is 4.79 Å². The van der Waals surface area contributed by atoms with Crippen molar-refractivity contribution in [2.75, 3.05) is 0 Å². The van der Waals surface area contributed by atoms with Gasteiger partial charge in [-0.1, -0.05) is 6.92 Å². The van der Waals surface area contributed by atoms with E-state index in [0.29, 0.717) is 43.3 Å². The van der Waals surface area contributed by atoms with E-state index in [-0.39, 0.29) is 17.9 Å². The van der Waals surface area contributed by atoms with Crippen LogP contribution in [0.25, 0.3) is 0 Å². The predicted octanol–water partition coefficient (Wildman–Crippen LogP) is 2.43. The SMILES string of the molecule is C[C@@H]1C[C@@H]2OC(=O)C3=C2[C@](O)(CCC3)[C@@]12C[C@@H](c1ccoc1)OC2=O. The highest BCUT2D eigenvalue weighted by Gasteiger charge is 2.71. The second-order valence-electron chi connectivity index (χ2n) is 7.76. The van der Waals surface area contributed by atoms with Gasteiger partial charge < -0.3 is 19.0 Å². The Hall–Kier alpha value is -2.08. The summed E-state index contributed by atoms with van der Waals surface area (Å²) in [7, 11) is 0. The van der Waals surface area contributed by atoms with Gasteiger partial charge in [-0.05, 0) is 37.7 Å². The predicted molar refractivity (Wildman–Crippen MR) is 84.1 cm³/mol. The number of hydrogen-bond acceptors (Lipinski definition) is 6. The molecule has 0 unspecified atom stereocenters. The van der Waals surface area contributed by atoms with E-state index in [1.54, 1.807) is 18.6 Å². The molecule has 0 bridgehead atoms. The molecule has 1 saturated heterocycles. The van der Waals surface area contributed by atoms with Crippen LogP contribution in [0.2, 0.25) is 0 Å². The van der Waals surface area contributed by atoms with Crippen LogP contribution in [-0.2, 0) is 19.1 Å². The molecule has 4 aliphatic rings. The maximum atomic E-state index is 13.1. The van der Waals surface area contributed by atoms with Crippen molar-refractivity contribution in [2.45, 2.75) is 56.8 Å². The van der Waals surface area contributed by atoms with E-state index in [2.05, 4.69) is 0 Å². The maximum absolute atomic E-state index is 13.1. The zero-order valence-corrected chi connectivity index (χ0v) is 14.0. The lowest BCUT2D eigenvalue weighted by Gasteiger charge is -2.53. The number of carbonyl (C=O) groups is 2. The van der Waals surface area contributed by atoms with Crippen LogP contribution >= 0.6 is 0 Å². The summed E-state index contributed by atoms with van der Waals surface area (Å²) in [6.45, 7) is 1.95. The molecule has 1 saturated carbocycles. The van der Waals surface area contributed by atoms with E-state index in [0.717, 1.165) is 5.56 Å². The van der Waals surface area contributed by atoms with Crippen LogP contribution in [0.3, 0.4) is 0 Å². The van der Waals surface area contributed by atoms with Crippen molar-refractivity contribution in [3.05, 3.63) is 35.3 Å². The molecular formula is C19H20O6. The highest BCUT2D eigenvalue weighted by atomic mass is 16.6. The fraction of sp³-hybridized carbons (Fsp3) is 0.579. The molecule has 1 aromatic rings. The van der Waals surface area contributed by atoms with Gasteiger partial charge >= 0.3 is 11.9 Å². The van der Waals surface area contributed by atoms with Crippen LogP contribution in [0, 0.1) is 11.3 Å². The first-order chi connectivity index (χ1) is 12.0. The molecule has 1 spiro atoms. The fourth-order valence-electron chi connectivity index (χ4n) is 5.57. The molecular weight excluding hydrogens is 324 g/mol. The highest BCUT2D eigenvalue weighted by Crippen LogP contribution is 2.64. The van der Waals surface area contributed by atoms with Crippen molar-refractivity contribution in [3.8, 4) is 0 Å². The summed E-state index contributed by atoms with van der Waals surface area (Å²) in [5, 5.41) is 11.8. The van der Waals surface area contributed by atoms with E-state index in [1.807, 2.05) is 6.92 Å². The first kappa shape index (κ1) is 15.2. The Morgan fingerprint density at radius 3 is 2.84 bits per heavy atom. The molecule has 1 aromatic heterocycles. The summed E-state index contributed by atoms with van der Waals surface area (Å²) in [5.74, 6) is -0.860. The topological polar surface area (TPSA) is 86.0 Å². The molecule has 2 fully saturated rings. The molecule has 0 amide bonds. The van der Waals surface area contributed by atoms with E-state index < -0.39 is 23.2 Å². The number of aliphatic hydroxyl groups is 1. The molecule has 2 aliphatic heterocycles. The van der Waals surface area contributed by atoms with Crippen LogP contribution in [0.15, 0.2) is 34.2 Å². The summed E-state index contributed by atoms with van der Waals surface area (Å²) in [6.07, 6.45) is 4.94. The lowest BCUT2D eigenvalue weighted by molar-refractivity contribution is -0.175. The summed E-state index contributed by atoms with van der Waals surface area (Å²) < 4.78 is 16.3. The van der Waals surface area contributed by atoms with Crippen molar-refractivity contribution in [1.29, 1.82) is 0 Å². The van der Waals surface area contributed by atoms with Gasteiger partial charge in [0.25, 0.3) is 0 Å². The molecule has 0 aromatic carbocycles. The monoisotopic (exact) mass is 344 g/mol. The number of furan rings is 1. The molecule has 6 nitrogen and oxygen atoms in total. The van der Waals surface area contributed by atoms with Gasteiger partial charge in [-0.2, -0.15) is 0 Å². The van der Waals surface area contributed by atoms with Crippen LogP contribution in [0.1, 0.15) is 50.7 Å². The number of hydrogen-bond donors (Lipinski definition) is 1. The molecule has 2 aliphatic carbocycles. The summed E-state index contributed by atoms with van der Waals surface area (Å²) in [4.78, 5) is 25.3. The second-order valence-corrected chi connectivity index (χ2v) is 7.76. The minimum Gasteiger partial charge on any atom is -0.472 e. The maximum Gasteiger partial charge on any atom is 0.334 e. The van der Waals surface area contributed by atoms with E-state index in [9.17, 15) is 14.7 Å². The van der Waals surface area contributed by atoms with Gasteiger partial charge in [0.2, 0.25) is 0 Å². The zero-order valence-electron chi connectivity index (χ0n) is 14.0. The first-order valence-corrected chi connectivity index (χ1v) is 8.87. The van der Waals surface area contributed by atoms with E-state index in [1.165, 1.54) is 0 Å². The molecule has 1 N–H and O–H groups in total. The first-order valence-electron chi connectivity index (χ1n) is 8.87. The van der Waals surface area contributed by atoms with Crippen molar-refractivity contribution in [1.82, 2.24) is 0 Å². The van der Waals surface area contributed by atoms with Crippen LogP contribution in [-0.4, -0.2) is 28.8 Å². The third-order valence-corrected chi connectivity index (χ3v) is 6.74.